The summed E-state index contributed by atoms with van der Waals surface area (Å²) in [6.07, 6.45) is 3.40. The van der Waals surface area contributed by atoms with Crippen LogP contribution in [0.4, 0.5) is 15.3 Å². The fourth-order valence-electron chi connectivity index (χ4n) is 11.4. The molecule has 1 aromatic heterocycles. The molecule has 3 aromatic rings. The number of aromatic nitrogens is 1. The molecule has 1 aliphatic rings. The van der Waals surface area contributed by atoms with Crippen molar-refractivity contribution in [1.29, 1.82) is 0 Å². The number of carbonyl (C=O) groups is 10. The average Bonchev–Trinajstić information content (AvgIpc) is 1.81. The smallest absolute Gasteiger partial charge is 0.408 e. The van der Waals surface area contributed by atoms with E-state index in [1.807, 2.05) is 56.5 Å². The number of anilines is 1. The molecule has 2 heterocycles. The Kier molecular flexibility index (Phi) is 32.9. The largest absolute Gasteiger partial charge is 0.445 e. The predicted molar refractivity (Wildman–Crippen MR) is 363 cm³/mol. The molecule has 95 heavy (non-hydrogen) atoms. The number of benzene rings is 2. The minimum Gasteiger partial charge on any atom is -0.445 e. The number of carbonyl (C=O) groups excluding carboxylic acids is 10. The average molecular weight is 1350 g/mol. The molecule has 0 radical (unpaired) electrons. The number of nitrogens with zero attached hydrogens (tertiary/aromatic N) is 3. The van der Waals surface area contributed by atoms with Crippen LogP contribution in [0.2, 0.25) is 0 Å². The highest BCUT2D eigenvalue weighted by molar-refractivity contribution is 7.09. The van der Waals surface area contributed by atoms with Gasteiger partial charge in [-0.05, 0) is 120 Å². The number of primary amides is 1. The summed E-state index contributed by atoms with van der Waals surface area (Å²) in [5.41, 5.74) is 16.9. The van der Waals surface area contributed by atoms with Crippen LogP contribution in [0, 0.1) is 23.7 Å². The molecule has 28 heteroatoms. The molecule has 0 aliphatic carbocycles. The molecule has 0 unspecified atom stereocenters. The van der Waals surface area contributed by atoms with Crippen LogP contribution in [0.1, 0.15) is 149 Å². The second-order valence-corrected chi connectivity index (χ2v) is 26.7. The molecular formula is C67H106N14O13S. The van der Waals surface area contributed by atoms with E-state index in [-0.39, 0.29) is 62.6 Å². The molecule has 4 rings (SSSR count). The summed E-state index contributed by atoms with van der Waals surface area (Å²) in [5.74, 6) is -5.71. The summed E-state index contributed by atoms with van der Waals surface area (Å²) in [7, 11) is 4.69. The number of thiazole rings is 1. The van der Waals surface area contributed by atoms with E-state index in [2.05, 4.69) is 47.5 Å². The third-order valence-electron chi connectivity index (χ3n) is 17.2. The number of unbranched alkanes of at least 4 members (excludes halogenated alkanes) is 1. The fourth-order valence-corrected chi connectivity index (χ4v) is 12.1. The van der Waals surface area contributed by atoms with Crippen molar-refractivity contribution in [2.24, 2.45) is 40.9 Å². The Morgan fingerprint density at radius 3 is 1.98 bits per heavy atom. The SMILES string of the molecule is CC[C@H](C)[C@@H]([C@@H](CC(=O)N1CCC[C@H]1[C@H](OC)[C@@H](C)C(=O)N[C@@H](Cc1ccccc1)c1nccs1)OC)N(C)C(=O)[C@@H](NC(=O)C(C)(C)NC(=O)OCc1ccc(NC(=O)[C@H](CCCNC(N)=O)NC(=O)[C@@H](NC(=O)[C@H](CCCCN)NC(=O)[C@@H](C)N)C(C)C)cc1)C(C)C. The van der Waals surface area contributed by atoms with Crippen LogP contribution in [0.15, 0.2) is 66.2 Å². The maximum atomic E-state index is 14.7. The van der Waals surface area contributed by atoms with Gasteiger partial charge in [0.2, 0.25) is 47.3 Å². The van der Waals surface area contributed by atoms with E-state index in [4.69, 9.17) is 31.4 Å². The zero-order chi connectivity index (χ0) is 70.7. The van der Waals surface area contributed by atoms with E-state index < -0.39 is 125 Å². The molecule has 1 aliphatic heterocycles. The Hall–Kier alpha value is -7.79. The van der Waals surface area contributed by atoms with Gasteiger partial charge >= 0.3 is 12.1 Å². The number of ether oxygens (including phenoxy) is 3. The third kappa shape index (κ3) is 24.7. The Morgan fingerprint density at radius 1 is 0.758 bits per heavy atom. The topological polar surface area (TPSA) is 392 Å². The first-order chi connectivity index (χ1) is 45.0. The van der Waals surface area contributed by atoms with Crippen molar-refractivity contribution in [1.82, 2.24) is 52.0 Å². The number of likely N-dealkylation sites (tertiary alicyclic amines) is 1. The molecule has 0 bridgehead atoms. The van der Waals surface area contributed by atoms with Crippen molar-refractivity contribution >= 4 is 76.4 Å². The summed E-state index contributed by atoms with van der Waals surface area (Å²) >= 11 is 1.47. The van der Waals surface area contributed by atoms with E-state index >= 15 is 0 Å². The van der Waals surface area contributed by atoms with E-state index in [9.17, 15) is 47.9 Å². The number of nitrogens with one attached hydrogen (secondary N) is 8. The second kappa shape index (κ2) is 39.3. The molecule has 14 N–H and O–H groups in total. The molecule has 27 nitrogen and oxygen atoms in total. The van der Waals surface area contributed by atoms with Crippen LogP contribution in [-0.4, -0.2) is 175 Å². The molecule has 1 saturated heterocycles. The first-order valence-corrected chi connectivity index (χ1v) is 33.8. The lowest BCUT2D eigenvalue weighted by molar-refractivity contribution is -0.148. The van der Waals surface area contributed by atoms with Gasteiger partial charge in [0.15, 0.2) is 0 Å². The molecular weight excluding hydrogens is 1240 g/mol. The lowest BCUT2D eigenvalue weighted by Crippen LogP contribution is -2.62. The maximum absolute atomic E-state index is 14.7. The summed E-state index contributed by atoms with van der Waals surface area (Å²) in [6, 6.07) is 8.72. The zero-order valence-corrected chi connectivity index (χ0v) is 58.4. The van der Waals surface area contributed by atoms with Gasteiger partial charge in [0.05, 0.1) is 48.7 Å². The number of hydrogen-bond acceptors (Lipinski definition) is 17. The zero-order valence-electron chi connectivity index (χ0n) is 57.6. The van der Waals surface area contributed by atoms with E-state index in [1.54, 1.807) is 82.1 Å². The number of nitrogens with two attached hydrogens (primary N) is 3. The number of urea groups is 1. The summed E-state index contributed by atoms with van der Waals surface area (Å²) in [5, 5.41) is 24.7. The van der Waals surface area contributed by atoms with Gasteiger partial charge in [0, 0.05) is 51.6 Å². The van der Waals surface area contributed by atoms with Crippen LogP contribution in [0.5, 0.6) is 0 Å². The second-order valence-electron chi connectivity index (χ2n) is 25.8. The van der Waals surface area contributed by atoms with Crippen LogP contribution in [0.3, 0.4) is 0 Å². The first kappa shape index (κ1) is 79.6. The van der Waals surface area contributed by atoms with Gasteiger partial charge in [-0.15, -0.1) is 11.3 Å². The number of amides is 11. The van der Waals surface area contributed by atoms with Crippen LogP contribution in [0.25, 0.3) is 0 Å². The highest BCUT2D eigenvalue weighted by Gasteiger charge is 2.44. The number of likely N-dealkylation sites (N-methyl/N-ethyl adjacent to an activating group) is 1. The molecule has 12 atom stereocenters. The van der Waals surface area contributed by atoms with Gasteiger partial charge in [-0.25, -0.2) is 14.6 Å². The first-order valence-electron chi connectivity index (χ1n) is 32.9. The lowest BCUT2D eigenvalue weighted by Gasteiger charge is -2.41. The van der Waals surface area contributed by atoms with Gasteiger partial charge < -0.3 is 83.7 Å². The predicted octanol–water partition coefficient (Wildman–Crippen LogP) is 4.28. The molecule has 0 saturated carbocycles. The van der Waals surface area contributed by atoms with E-state index in [0.717, 1.165) is 10.6 Å². The minimum absolute atomic E-state index is 0.0514. The summed E-state index contributed by atoms with van der Waals surface area (Å²) < 4.78 is 17.7. The number of methoxy groups -OCH3 is 2. The third-order valence-corrected chi connectivity index (χ3v) is 18.1. The van der Waals surface area contributed by atoms with Crippen molar-refractivity contribution < 1.29 is 62.2 Å². The van der Waals surface area contributed by atoms with Gasteiger partial charge in [-0.3, -0.25) is 38.4 Å². The van der Waals surface area contributed by atoms with E-state index in [0.29, 0.717) is 62.9 Å². The van der Waals surface area contributed by atoms with Crippen LogP contribution < -0.4 is 59.7 Å². The van der Waals surface area contributed by atoms with Crippen molar-refractivity contribution in [3.8, 4) is 0 Å². The van der Waals surface area contributed by atoms with Gasteiger partial charge in [0.1, 0.15) is 41.3 Å². The van der Waals surface area contributed by atoms with Crippen LogP contribution >= 0.6 is 11.3 Å². The Labute approximate surface area is 563 Å². The Balaban J connectivity index is 1.38. The summed E-state index contributed by atoms with van der Waals surface area (Å²) in [4.78, 5) is 144. The fraction of sp³-hybridized carbons (Fsp3) is 0.627. The standard InChI is InChI=1S/C67H106N14O13S/c1-14-41(6)55(51(92-12)37-52(82)81-34-21-26-50(81)56(93-13)42(7)57(83)76-49(62-71-33-35-95-62)36-44-22-16-15-17-23-44)80(11)63(88)54(40(4)5)78-64(89)67(9,10)79-66(91)94-38-45-27-29-46(30-28-45)73-59(85)48(25-20-32-72-65(70)90)75-61(87)53(39(2)3)77-60(86)47(24-18-19-31-68)74-58(84)43(8)69/h15-17,22-23,27-30,33,35,39-43,47-51,53-56H,14,18-21,24-26,31-32,34,36-38,68-69H2,1-13H3,(H,73,85)(H,74,84)(H,75,87)(H,76,83)(H,77,86)(H,78,89)(H,79,91)(H3,70,72,90)/t41-,42+,43+,47-,48-,49-,50-,51+,53-,54-,55-,56+/m0/s1. The lowest BCUT2D eigenvalue weighted by atomic mass is 9.89. The highest BCUT2D eigenvalue weighted by atomic mass is 32.1. The Morgan fingerprint density at radius 2 is 1.40 bits per heavy atom. The van der Waals surface area contributed by atoms with Crippen molar-refractivity contribution in [3.05, 3.63) is 82.3 Å². The molecule has 11 amide bonds. The van der Waals surface area contributed by atoms with Gasteiger partial charge in [-0.1, -0.05) is 97.4 Å². The van der Waals surface area contributed by atoms with Crippen molar-refractivity contribution in [2.45, 2.75) is 206 Å². The minimum atomic E-state index is -1.60. The van der Waals surface area contributed by atoms with E-state index in [1.165, 1.54) is 39.2 Å². The van der Waals surface area contributed by atoms with Gasteiger partial charge in [0.25, 0.3) is 0 Å². The normalized spacial score (nSPS) is 16.6. The monoisotopic (exact) mass is 1350 g/mol. The molecule has 0 spiro atoms. The number of rotatable bonds is 39. The van der Waals surface area contributed by atoms with Crippen molar-refractivity contribution in [3.63, 3.8) is 0 Å². The highest BCUT2D eigenvalue weighted by Crippen LogP contribution is 2.31. The van der Waals surface area contributed by atoms with Crippen molar-refractivity contribution in [2.75, 3.05) is 46.2 Å². The summed E-state index contributed by atoms with van der Waals surface area (Å²) in [6.45, 7) is 17.8. The number of hydrogen-bond donors (Lipinski definition) is 11. The molecule has 528 valence electrons. The quantitative estimate of drug-likeness (QED) is 0.0355. The maximum Gasteiger partial charge on any atom is 0.408 e. The molecule has 1 fully saturated rings. The number of alkyl carbamates (subject to hydrolysis) is 1. The Bertz CT molecular complexity index is 2960. The van der Waals surface area contributed by atoms with Crippen LogP contribution in [-0.2, 0) is 65.6 Å². The molecule has 2 aromatic carbocycles. The van der Waals surface area contributed by atoms with Gasteiger partial charge in [-0.2, -0.15) is 0 Å².